The van der Waals surface area contributed by atoms with Crippen LogP contribution >= 0.6 is 11.3 Å². The third-order valence-corrected chi connectivity index (χ3v) is 3.32. The predicted molar refractivity (Wildman–Crippen MR) is 76.2 cm³/mol. The van der Waals surface area contributed by atoms with Gasteiger partial charge in [-0.3, -0.25) is 20.4 Å². The Labute approximate surface area is 124 Å². The van der Waals surface area contributed by atoms with Crippen molar-refractivity contribution in [3.8, 4) is 5.75 Å². The van der Waals surface area contributed by atoms with Crippen LogP contribution < -0.4 is 15.6 Å². The van der Waals surface area contributed by atoms with E-state index >= 15 is 0 Å². The van der Waals surface area contributed by atoms with Gasteiger partial charge < -0.3 is 4.74 Å². The zero-order valence-corrected chi connectivity index (χ0v) is 11.8. The molecule has 0 atom stereocenters. The molecule has 0 aliphatic heterocycles. The third kappa shape index (κ3) is 5.23. The lowest BCUT2D eigenvalue weighted by molar-refractivity contribution is -0.129. The van der Waals surface area contributed by atoms with E-state index in [9.17, 15) is 14.0 Å². The Morgan fingerprint density at radius 3 is 2.48 bits per heavy atom. The Morgan fingerprint density at radius 2 is 1.81 bits per heavy atom. The van der Waals surface area contributed by atoms with Crippen molar-refractivity contribution in [2.75, 3.05) is 6.61 Å². The van der Waals surface area contributed by atoms with Crippen LogP contribution in [-0.4, -0.2) is 18.4 Å². The summed E-state index contributed by atoms with van der Waals surface area (Å²) >= 11 is 1.47. The first-order chi connectivity index (χ1) is 10.1. The van der Waals surface area contributed by atoms with E-state index in [1.165, 1.54) is 35.6 Å². The summed E-state index contributed by atoms with van der Waals surface area (Å²) < 4.78 is 17.8. The maximum absolute atomic E-state index is 12.7. The van der Waals surface area contributed by atoms with Gasteiger partial charge in [-0.25, -0.2) is 4.39 Å². The number of nitrogens with one attached hydrogen (secondary N) is 2. The molecule has 0 saturated heterocycles. The van der Waals surface area contributed by atoms with Crippen LogP contribution in [-0.2, 0) is 16.0 Å². The average molecular weight is 308 g/mol. The Bertz CT molecular complexity index is 599. The van der Waals surface area contributed by atoms with E-state index in [1.54, 1.807) is 0 Å². The van der Waals surface area contributed by atoms with Crippen LogP contribution in [0, 0.1) is 5.82 Å². The van der Waals surface area contributed by atoms with Crippen molar-refractivity contribution in [2.45, 2.75) is 6.42 Å². The summed E-state index contributed by atoms with van der Waals surface area (Å²) in [6, 6.07) is 8.98. The van der Waals surface area contributed by atoms with E-state index < -0.39 is 5.91 Å². The second-order valence-corrected chi connectivity index (χ2v) is 5.13. The van der Waals surface area contributed by atoms with Crippen LogP contribution in [0.2, 0.25) is 0 Å². The SMILES string of the molecule is O=C(COc1ccc(F)cc1)NNC(=O)Cc1cccs1. The van der Waals surface area contributed by atoms with E-state index in [4.69, 9.17) is 4.74 Å². The molecule has 2 aromatic rings. The Morgan fingerprint density at radius 1 is 1.10 bits per heavy atom. The molecule has 2 rings (SSSR count). The van der Waals surface area contributed by atoms with Crippen LogP contribution in [0.1, 0.15) is 4.88 Å². The number of thiophene rings is 1. The van der Waals surface area contributed by atoms with Crippen LogP contribution in [0.3, 0.4) is 0 Å². The highest BCUT2D eigenvalue weighted by Crippen LogP contribution is 2.10. The van der Waals surface area contributed by atoms with Gasteiger partial charge in [0.15, 0.2) is 6.61 Å². The van der Waals surface area contributed by atoms with Crippen molar-refractivity contribution in [3.05, 3.63) is 52.5 Å². The third-order valence-electron chi connectivity index (χ3n) is 2.44. The average Bonchev–Trinajstić information content (AvgIpc) is 2.97. The van der Waals surface area contributed by atoms with Crippen LogP contribution in [0.15, 0.2) is 41.8 Å². The molecule has 1 aromatic heterocycles. The zero-order valence-electron chi connectivity index (χ0n) is 11.0. The van der Waals surface area contributed by atoms with Crippen molar-refractivity contribution in [2.24, 2.45) is 0 Å². The number of halogens is 1. The molecular weight excluding hydrogens is 295 g/mol. The van der Waals surface area contributed by atoms with Crippen LogP contribution in [0.5, 0.6) is 5.75 Å². The first kappa shape index (κ1) is 15.0. The summed E-state index contributed by atoms with van der Waals surface area (Å²) in [6.07, 6.45) is 0.205. The molecule has 0 aliphatic carbocycles. The molecule has 0 fully saturated rings. The van der Waals surface area contributed by atoms with Gasteiger partial charge in [0.05, 0.1) is 6.42 Å². The number of carbonyl (C=O) groups is 2. The van der Waals surface area contributed by atoms with Gasteiger partial charge in [0, 0.05) is 4.88 Å². The van der Waals surface area contributed by atoms with E-state index in [2.05, 4.69) is 10.9 Å². The van der Waals surface area contributed by atoms with Crippen molar-refractivity contribution in [1.82, 2.24) is 10.9 Å². The van der Waals surface area contributed by atoms with Crippen molar-refractivity contribution in [1.29, 1.82) is 0 Å². The normalized spacial score (nSPS) is 9.95. The minimum atomic E-state index is -0.501. The molecular formula is C14H13FN2O3S. The molecule has 110 valence electrons. The summed E-state index contributed by atoms with van der Waals surface area (Å²) in [5.41, 5.74) is 4.54. The summed E-state index contributed by atoms with van der Waals surface area (Å²) in [4.78, 5) is 23.9. The fourth-order valence-electron chi connectivity index (χ4n) is 1.47. The number of amides is 2. The maximum atomic E-state index is 12.7. The Kier molecular flexibility index (Phi) is 5.28. The highest BCUT2D eigenvalue weighted by molar-refractivity contribution is 7.10. The van der Waals surface area contributed by atoms with Gasteiger partial charge in [-0.1, -0.05) is 6.07 Å². The topological polar surface area (TPSA) is 67.4 Å². The molecule has 0 bridgehead atoms. The van der Waals surface area contributed by atoms with Crippen LogP contribution in [0.4, 0.5) is 4.39 Å². The van der Waals surface area contributed by atoms with E-state index in [0.29, 0.717) is 5.75 Å². The van der Waals surface area contributed by atoms with Gasteiger partial charge in [0.1, 0.15) is 11.6 Å². The smallest absolute Gasteiger partial charge is 0.276 e. The minimum absolute atomic E-state index is 0.205. The van der Waals surface area contributed by atoms with E-state index in [1.807, 2.05) is 17.5 Å². The molecule has 1 heterocycles. The Hall–Kier alpha value is -2.41. The molecule has 0 aliphatic rings. The highest BCUT2D eigenvalue weighted by atomic mass is 32.1. The van der Waals surface area contributed by atoms with Gasteiger partial charge >= 0.3 is 0 Å². The molecule has 0 unspecified atom stereocenters. The standard InChI is InChI=1S/C14H13FN2O3S/c15-10-3-5-11(6-4-10)20-9-14(19)17-16-13(18)8-12-2-1-7-21-12/h1-7H,8-9H2,(H,16,18)(H,17,19). The molecule has 0 spiro atoms. The number of hydrogen-bond donors (Lipinski definition) is 2. The fourth-order valence-corrected chi connectivity index (χ4v) is 2.17. The first-order valence-corrected chi connectivity index (χ1v) is 7.00. The first-order valence-electron chi connectivity index (χ1n) is 6.12. The number of hydrogen-bond acceptors (Lipinski definition) is 4. The van der Waals surface area contributed by atoms with Gasteiger partial charge in [-0.2, -0.15) is 0 Å². The highest BCUT2D eigenvalue weighted by Gasteiger charge is 2.07. The summed E-state index contributed by atoms with van der Waals surface area (Å²) in [5.74, 6) is -0.824. The van der Waals surface area contributed by atoms with Crippen LogP contribution in [0.25, 0.3) is 0 Å². The molecule has 7 heteroatoms. The number of carbonyl (C=O) groups excluding carboxylic acids is 2. The summed E-state index contributed by atoms with van der Waals surface area (Å²) in [6.45, 7) is -0.273. The second-order valence-electron chi connectivity index (χ2n) is 4.10. The summed E-state index contributed by atoms with van der Waals surface area (Å²) in [7, 11) is 0. The lowest BCUT2D eigenvalue weighted by Crippen LogP contribution is -2.44. The van der Waals surface area contributed by atoms with Gasteiger partial charge in [-0.05, 0) is 35.7 Å². The maximum Gasteiger partial charge on any atom is 0.276 e. The van der Waals surface area contributed by atoms with Gasteiger partial charge in [-0.15, -0.1) is 11.3 Å². The summed E-state index contributed by atoms with van der Waals surface area (Å²) in [5, 5.41) is 1.87. The predicted octanol–water partition coefficient (Wildman–Crippen LogP) is 1.66. The largest absolute Gasteiger partial charge is 0.484 e. The minimum Gasteiger partial charge on any atom is -0.484 e. The lowest BCUT2D eigenvalue weighted by atomic mass is 10.3. The van der Waals surface area contributed by atoms with E-state index in [0.717, 1.165) is 4.88 Å². The van der Waals surface area contributed by atoms with Crippen molar-refractivity contribution in [3.63, 3.8) is 0 Å². The number of hydrazine groups is 1. The van der Waals surface area contributed by atoms with Crippen molar-refractivity contribution >= 4 is 23.2 Å². The Balaban J connectivity index is 1.67. The molecule has 2 N–H and O–H groups in total. The van der Waals surface area contributed by atoms with Gasteiger partial charge in [0.25, 0.3) is 5.91 Å². The second kappa shape index (κ2) is 7.39. The number of rotatable bonds is 5. The number of benzene rings is 1. The molecule has 2 amide bonds. The van der Waals surface area contributed by atoms with Crippen molar-refractivity contribution < 1.29 is 18.7 Å². The zero-order chi connectivity index (χ0) is 15.1. The van der Waals surface area contributed by atoms with E-state index in [-0.39, 0.29) is 24.8 Å². The quantitative estimate of drug-likeness (QED) is 0.826. The molecule has 0 saturated carbocycles. The fraction of sp³-hybridized carbons (Fsp3) is 0.143. The van der Waals surface area contributed by atoms with Gasteiger partial charge in [0.2, 0.25) is 5.91 Å². The lowest BCUT2D eigenvalue weighted by Gasteiger charge is -2.08. The molecule has 1 aromatic carbocycles. The number of ether oxygens (including phenoxy) is 1. The molecule has 5 nitrogen and oxygen atoms in total. The molecule has 21 heavy (non-hydrogen) atoms. The monoisotopic (exact) mass is 308 g/mol. The molecule has 0 radical (unpaired) electrons.